The van der Waals surface area contributed by atoms with Gasteiger partial charge in [-0.25, -0.2) is 9.59 Å². The molecule has 2 saturated heterocycles. The molecule has 62 heavy (non-hydrogen) atoms. The van der Waals surface area contributed by atoms with Gasteiger partial charge in [0, 0.05) is 35.4 Å². The molecule has 16 heteroatoms. The lowest BCUT2D eigenvalue weighted by atomic mass is 10.0. The van der Waals surface area contributed by atoms with Crippen molar-refractivity contribution >= 4 is 74.1 Å². The SMILES string of the molecule is CC(C)(C)OC(=O)NC(C(=O)N1CCCC1C(=O)Nc1ccc2oc(-c3ccc(NC(=O)[C@@H]4CCCN4C(=O)[C@H](NC(=O)O)c4ccccc4)cc3)c(Br)c2c1)c1ccccc1. The second kappa shape index (κ2) is 18.5. The van der Waals surface area contributed by atoms with Crippen LogP contribution in [-0.4, -0.2) is 81.5 Å². The maximum absolute atomic E-state index is 14.0. The van der Waals surface area contributed by atoms with Crippen molar-refractivity contribution in [2.24, 2.45) is 0 Å². The molecule has 2 fully saturated rings. The molecule has 0 bridgehead atoms. The zero-order chi connectivity index (χ0) is 44.1. The molecule has 3 heterocycles. The highest BCUT2D eigenvalue weighted by molar-refractivity contribution is 9.10. The van der Waals surface area contributed by atoms with Crippen LogP contribution in [0.1, 0.15) is 69.7 Å². The summed E-state index contributed by atoms with van der Waals surface area (Å²) in [5, 5.41) is 21.0. The summed E-state index contributed by atoms with van der Waals surface area (Å²) >= 11 is 3.67. The predicted molar refractivity (Wildman–Crippen MR) is 235 cm³/mol. The first kappa shape index (κ1) is 43.4. The van der Waals surface area contributed by atoms with Crippen LogP contribution in [0.2, 0.25) is 0 Å². The quantitative estimate of drug-likeness (QED) is 0.0872. The van der Waals surface area contributed by atoms with Gasteiger partial charge in [0.15, 0.2) is 0 Å². The minimum Gasteiger partial charge on any atom is -0.465 e. The number of anilines is 2. The minimum absolute atomic E-state index is 0.314. The number of carboxylic acid groups (broad SMARTS) is 1. The molecule has 0 aliphatic carbocycles. The van der Waals surface area contributed by atoms with Crippen LogP contribution in [0, 0.1) is 0 Å². The van der Waals surface area contributed by atoms with Crippen LogP contribution in [0.4, 0.5) is 21.0 Å². The monoisotopic (exact) mass is 906 g/mol. The molecule has 1 aromatic heterocycles. The summed E-state index contributed by atoms with van der Waals surface area (Å²) < 4.78 is 12.3. The van der Waals surface area contributed by atoms with Gasteiger partial charge in [-0.1, -0.05) is 60.7 Å². The first-order chi connectivity index (χ1) is 29.7. The number of halogens is 1. The average Bonchev–Trinajstić information content (AvgIpc) is 4.02. The molecule has 322 valence electrons. The summed E-state index contributed by atoms with van der Waals surface area (Å²) in [6, 6.07) is 25.8. The lowest BCUT2D eigenvalue weighted by Gasteiger charge is -2.29. The van der Waals surface area contributed by atoms with E-state index in [1.165, 1.54) is 9.80 Å². The molecule has 4 atom stereocenters. The summed E-state index contributed by atoms with van der Waals surface area (Å²) in [7, 11) is 0. The number of hydrogen-bond donors (Lipinski definition) is 5. The van der Waals surface area contributed by atoms with Crippen LogP contribution in [0.25, 0.3) is 22.3 Å². The standard InChI is InChI=1S/C46H47BrN6O9/c1-46(2,3)62-45(60)51-38(28-14-8-5-9-15-28)43(57)53-25-11-17-34(53)41(55)49-31-22-23-35-32(26-31)36(47)39(61-35)29-18-20-30(21-19-29)48-40(54)33-16-10-24-52(33)42(56)37(50-44(58)59)27-12-6-4-7-13-27/h4-9,12-15,18-23,26,33-34,37-38,50H,10-11,16-17,24-25H2,1-3H3,(H,48,54)(H,49,55)(H,51,60)(H,58,59)/t33-,34?,37+,38?/m0/s1. The third-order valence-electron chi connectivity index (χ3n) is 10.7. The van der Waals surface area contributed by atoms with Crippen LogP contribution in [0.3, 0.4) is 0 Å². The van der Waals surface area contributed by atoms with Gasteiger partial charge in [0.25, 0.3) is 11.8 Å². The number of benzene rings is 4. The van der Waals surface area contributed by atoms with E-state index >= 15 is 0 Å². The summed E-state index contributed by atoms with van der Waals surface area (Å²) in [6.07, 6.45) is -0.0179. The lowest BCUT2D eigenvalue weighted by Crippen LogP contribution is -2.49. The molecule has 2 unspecified atom stereocenters. The number of fused-ring (bicyclic) bond motifs is 1. The highest BCUT2D eigenvalue weighted by atomic mass is 79.9. The molecule has 5 N–H and O–H groups in total. The van der Waals surface area contributed by atoms with E-state index in [0.29, 0.717) is 88.0 Å². The Bertz CT molecular complexity index is 2470. The van der Waals surface area contributed by atoms with Crippen molar-refractivity contribution < 1.29 is 43.0 Å². The Hall–Kier alpha value is -6.68. The molecule has 6 amide bonds. The first-order valence-electron chi connectivity index (χ1n) is 20.3. The number of amides is 6. The van der Waals surface area contributed by atoms with E-state index < -0.39 is 53.8 Å². The summed E-state index contributed by atoms with van der Waals surface area (Å²) in [6.45, 7) is 5.87. The molecule has 0 radical (unpaired) electrons. The lowest BCUT2D eigenvalue weighted by molar-refractivity contribution is -0.138. The Morgan fingerprint density at radius 1 is 0.710 bits per heavy atom. The highest BCUT2D eigenvalue weighted by Crippen LogP contribution is 2.39. The number of alkyl carbamates (subject to hydrolysis) is 1. The van der Waals surface area contributed by atoms with Gasteiger partial charge in [0.1, 0.15) is 41.1 Å². The van der Waals surface area contributed by atoms with Crippen LogP contribution in [0.15, 0.2) is 112 Å². The fourth-order valence-corrected chi connectivity index (χ4v) is 8.46. The van der Waals surface area contributed by atoms with Gasteiger partial charge in [-0.05, 0) is 116 Å². The molecule has 4 aromatic carbocycles. The van der Waals surface area contributed by atoms with Crippen molar-refractivity contribution in [3.63, 3.8) is 0 Å². The van der Waals surface area contributed by atoms with E-state index in [9.17, 15) is 33.9 Å². The summed E-state index contributed by atoms with van der Waals surface area (Å²) in [5.74, 6) is -1.15. The Balaban J connectivity index is 1.01. The molecule has 7 rings (SSSR count). The fraction of sp³-hybridized carbons (Fsp3) is 0.304. The molecule has 15 nitrogen and oxygen atoms in total. The first-order valence-corrected chi connectivity index (χ1v) is 21.1. The summed E-state index contributed by atoms with van der Waals surface area (Å²) in [4.78, 5) is 82.3. The summed E-state index contributed by atoms with van der Waals surface area (Å²) in [5.41, 5.74) is 2.51. The number of likely N-dealkylation sites (tertiary alicyclic amines) is 2. The van der Waals surface area contributed by atoms with Gasteiger partial charge in [-0.3, -0.25) is 19.2 Å². The maximum Gasteiger partial charge on any atom is 0.408 e. The van der Waals surface area contributed by atoms with Crippen LogP contribution in [0.5, 0.6) is 0 Å². The van der Waals surface area contributed by atoms with Crippen LogP contribution >= 0.6 is 15.9 Å². The van der Waals surface area contributed by atoms with E-state index in [1.807, 2.05) is 6.07 Å². The molecule has 2 aliphatic rings. The predicted octanol–water partition coefficient (Wildman–Crippen LogP) is 8.00. The number of hydrogen-bond acceptors (Lipinski definition) is 8. The number of nitrogens with one attached hydrogen (secondary N) is 4. The smallest absolute Gasteiger partial charge is 0.408 e. The maximum atomic E-state index is 14.0. The zero-order valence-electron chi connectivity index (χ0n) is 34.4. The molecular formula is C46H47BrN6O9. The average molecular weight is 908 g/mol. The van der Waals surface area contributed by atoms with Gasteiger partial charge in [-0.15, -0.1) is 0 Å². The topological polar surface area (TPSA) is 200 Å². The number of furan rings is 1. The van der Waals surface area contributed by atoms with Crippen molar-refractivity contribution in [1.82, 2.24) is 20.4 Å². The Morgan fingerprint density at radius 2 is 1.21 bits per heavy atom. The number of nitrogens with zero attached hydrogens (tertiary/aromatic N) is 2. The van der Waals surface area contributed by atoms with E-state index in [2.05, 4.69) is 37.2 Å². The second-order valence-corrected chi connectivity index (χ2v) is 17.0. The molecule has 2 aliphatic heterocycles. The van der Waals surface area contributed by atoms with Gasteiger partial charge in [0.2, 0.25) is 11.8 Å². The van der Waals surface area contributed by atoms with Gasteiger partial charge >= 0.3 is 12.2 Å². The number of rotatable bonds is 11. The van der Waals surface area contributed by atoms with Crippen LogP contribution in [-0.2, 0) is 23.9 Å². The Labute approximate surface area is 366 Å². The Morgan fingerprint density at radius 3 is 1.73 bits per heavy atom. The normalized spacial score (nSPS) is 17.2. The number of carbonyl (C=O) groups is 6. The molecular weight excluding hydrogens is 860 g/mol. The van der Waals surface area contributed by atoms with Crippen molar-refractivity contribution in [2.45, 2.75) is 76.2 Å². The molecule has 0 saturated carbocycles. The zero-order valence-corrected chi connectivity index (χ0v) is 35.9. The van der Waals surface area contributed by atoms with Crippen molar-refractivity contribution in [2.75, 3.05) is 23.7 Å². The van der Waals surface area contributed by atoms with Gasteiger partial charge < -0.3 is 45.3 Å². The van der Waals surface area contributed by atoms with Gasteiger partial charge in [-0.2, -0.15) is 0 Å². The molecule has 5 aromatic rings. The second-order valence-electron chi connectivity index (χ2n) is 16.2. The Kier molecular flexibility index (Phi) is 13.0. The van der Waals surface area contributed by atoms with Crippen LogP contribution < -0.4 is 21.3 Å². The third-order valence-corrected chi connectivity index (χ3v) is 11.5. The van der Waals surface area contributed by atoms with Crippen molar-refractivity contribution in [1.29, 1.82) is 0 Å². The number of ether oxygens (including phenoxy) is 1. The van der Waals surface area contributed by atoms with E-state index in [0.717, 1.165) is 0 Å². The highest BCUT2D eigenvalue weighted by Gasteiger charge is 2.40. The third kappa shape index (κ3) is 9.92. The van der Waals surface area contributed by atoms with Gasteiger partial charge in [0.05, 0.1) is 4.47 Å². The van der Waals surface area contributed by atoms with Crippen molar-refractivity contribution in [3.05, 3.63) is 119 Å². The van der Waals surface area contributed by atoms with E-state index in [-0.39, 0.29) is 11.8 Å². The van der Waals surface area contributed by atoms with E-state index in [4.69, 9.17) is 9.15 Å². The molecule has 0 spiro atoms. The fourth-order valence-electron chi connectivity index (χ4n) is 7.84. The largest absolute Gasteiger partial charge is 0.465 e. The minimum atomic E-state index is -1.35. The number of carbonyl (C=O) groups excluding carboxylic acids is 5. The van der Waals surface area contributed by atoms with E-state index in [1.54, 1.807) is 118 Å². The van der Waals surface area contributed by atoms with Crippen molar-refractivity contribution in [3.8, 4) is 11.3 Å².